The standard InChI is InChI=1S/C27H35FN6O3/c1-17(2)29-8-9-30-26(35)15-33(24-12-25-23(10-18(24)3)19(4)31-37-25)16-27(36)32(5)34-13-20-6-7-22(28)11-21(20)14-34/h6-7,10-12,17,29H,8-9,13-16H2,1-5H3,(H,30,35). The number of fused-ring (bicyclic) bond motifs is 2. The Balaban J connectivity index is 1.50. The van der Waals surface area contributed by atoms with Crippen LogP contribution in [0.3, 0.4) is 0 Å². The Kier molecular flexibility index (Phi) is 8.09. The van der Waals surface area contributed by atoms with Crippen molar-refractivity contribution in [1.82, 2.24) is 25.8 Å². The molecule has 2 amide bonds. The van der Waals surface area contributed by atoms with E-state index >= 15 is 0 Å². The monoisotopic (exact) mass is 510 g/mol. The molecule has 9 nitrogen and oxygen atoms in total. The van der Waals surface area contributed by atoms with Gasteiger partial charge in [-0.2, -0.15) is 0 Å². The molecule has 10 heteroatoms. The number of aromatic nitrogens is 1. The van der Waals surface area contributed by atoms with Gasteiger partial charge in [0.25, 0.3) is 5.91 Å². The fraction of sp³-hybridized carbons (Fsp3) is 0.444. The van der Waals surface area contributed by atoms with E-state index in [4.69, 9.17) is 4.52 Å². The van der Waals surface area contributed by atoms with Crippen LogP contribution >= 0.6 is 0 Å². The lowest BCUT2D eigenvalue weighted by Crippen LogP contribution is -2.48. The van der Waals surface area contributed by atoms with Crippen molar-refractivity contribution in [2.45, 2.75) is 46.8 Å². The number of aryl methyl sites for hydroxylation is 2. The van der Waals surface area contributed by atoms with E-state index in [-0.39, 0.29) is 30.7 Å². The van der Waals surface area contributed by atoms with Crippen molar-refractivity contribution in [3.63, 3.8) is 0 Å². The van der Waals surface area contributed by atoms with Gasteiger partial charge in [-0.25, -0.2) is 9.40 Å². The summed E-state index contributed by atoms with van der Waals surface area (Å²) >= 11 is 0. The average molecular weight is 511 g/mol. The highest BCUT2D eigenvalue weighted by Gasteiger charge is 2.27. The second kappa shape index (κ2) is 11.3. The van der Waals surface area contributed by atoms with Crippen LogP contribution in [0.15, 0.2) is 34.9 Å². The molecule has 2 aromatic carbocycles. The lowest BCUT2D eigenvalue weighted by atomic mass is 10.1. The number of rotatable bonds is 10. The molecule has 1 aliphatic rings. The topological polar surface area (TPSA) is 93.9 Å². The Morgan fingerprint density at radius 3 is 2.62 bits per heavy atom. The smallest absolute Gasteiger partial charge is 0.256 e. The molecule has 0 radical (unpaired) electrons. The maximum Gasteiger partial charge on any atom is 0.256 e. The van der Waals surface area contributed by atoms with Crippen LogP contribution in [0, 0.1) is 19.7 Å². The molecule has 1 aliphatic heterocycles. The quantitative estimate of drug-likeness (QED) is 0.405. The number of likely N-dealkylation sites (N-methyl/N-ethyl adjacent to an activating group) is 1. The number of nitrogens with one attached hydrogen (secondary N) is 2. The zero-order chi connectivity index (χ0) is 26.7. The Morgan fingerprint density at radius 1 is 1.11 bits per heavy atom. The predicted molar refractivity (Wildman–Crippen MR) is 140 cm³/mol. The van der Waals surface area contributed by atoms with Gasteiger partial charge in [0.05, 0.1) is 18.8 Å². The average Bonchev–Trinajstić information content (AvgIpc) is 3.43. The van der Waals surface area contributed by atoms with E-state index in [1.54, 1.807) is 23.0 Å². The Labute approximate surface area is 216 Å². The molecule has 2 N–H and O–H groups in total. The van der Waals surface area contributed by atoms with Gasteiger partial charge in [-0.1, -0.05) is 25.1 Å². The van der Waals surface area contributed by atoms with Crippen LogP contribution in [0.5, 0.6) is 0 Å². The summed E-state index contributed by atoms with van der Waals surface area (Å²) in [5, 5.41) is 14.6. The van der Waals surface area contributed by atoms with Gasteiger partial charge in [-0.3, -0.25) is 14.6 Å². The maximum atomic E-state index is 13.7. The summed E-state index contributed by atoms with van der Waals surface area (Å²) in [6.07, 6.45) is 0. The third-order valence-electron chi connectivity index (χ3n) is 6.63. The molecule has 0 bridgehead atoms. The Bertz CT molecular complexity index is 1290. The number of carbonyl (C=O) groups excluding carboxylic acids is 2. The van der Waals surface area contributed by atoms with Crippen molar-refractivity contribution in [3.8, 4) is 0 Å². The van der Waals surface area contributed by atoms with Crippen molar-refractivity contribution in [2.24, 2.45) is 0 Å². The van der Waals surface area contributed by atoms with Gasteiger partial charge in [0.15, 0.2) is 5.58 Å². The van der Waals surface area contributed by atoms with E-state index < -0.39 is 0 Å². The molecule has 1 aromatic heterocycles. The number of benzene rings is 2. The number of hydrogen-bond acceptors (Lipinski definition) is 7. The molecule has 3 aromatic rings. The number of anilines is 1. The molecule has 0 spiro atoms. The van der Waals surface area contributed by atoms with Crippen LogP contribution in [-0.2, 0) is 22.7 Å². The molecule has 37 heavy (non-hydrogen) atoms. The van der Waals surface area contributed by atoms with Crippen LogP contribution in [0.1, 0.15) is 36.2 Å². The van der Waals surface area contributed by atoms with Gasteiger partial charge in [0.1, 0.15) is 5.82 Å². The van der Waals surface area contributed by atoms with Gasteiger partial charge in [0.2, 0.25) is 5.91 Å². The van der Waals surface area contributed by atoms with Gasteiger partial charge < -0.3 is 20.1 Å². The summed E-state index contributed by atoms with van der Waals surface area (Å²) in [4.78, 5) is 28.0. The van der Waals surface area contributed by atoms with E-state index in [9.17, 15) is 14.0 Å². The summed E-state index contributed by atoms with van der Waals surface area (Å²) in [6.45, 7) is 10.0. The zero-order valence-electron chi connectivity index (χ0n) is 22.1. The van der Waals surface area contributed by atoms with Gasteiger partial charge in [-0.05, 0) is 48.7 Å². The fourth-order valence-corrected chi connectivity index (χ4v) is 4.54. The first-order chi connectivity index (χ1) is 17.6. The summed E-state index contributed by atoms with van der Waals surface area (Å²) in [5.74, 6) is -0.655. The largest absolute Gasteiger partial charge is 0.356 e. The van der Waals surface area contributed by atoms with E-state index in [0.717, 1.165) is 33.5 Å². The predicted octanol–water partition coefficient (Wildman–Crippen LogP) is 2.89. The number of nitrogens with zero attached hydrogens (tertiary/aromatic N) is 4. The summed E-state index contributed by atoms with van der Waals surface area (Å²) in [6, 6.07) is 8.83. The first kappa shape index (κ1) is 26.6. The second-order valence-corrected chi connectivity index (χ2v) is 9.87. The molecule has 0 unspecified atom stereocenters. The number of hydrazine groups is 1. The minimum absolute atomic E-state index is 0.00611. The summed E-state index contributed by atoms with van der Waals surface area (Å²) < 4.78 is 19.1. The zero-order valence-corrected chi connectivity index (χ0v) is 22.1. The number of hydrogen-bond donors (Lipinski definition) is 2. The molecule has 0 fully saturated rings. The van der Waals surface area contributed by atoms with Crippen LogP contribution in [0.4, 0.5) is 10.1 Å². The molecule has 0 aliphatic carbocycles. The van der Waals surface area contributed by atoms with E-state index in [2.05, 4.69) is 15.8 Å². The van der Waals surface area contributed by atoms with Gasteiger partial charge in [0, 0.05) is 56.4 Å². The molecule has 0 saturated heterocycles. The van der Waals surface area contributed by atoms with Crippen LogP contribution in [-0.4, -0.2) is 66.3 Å². The third kappa shape index (κ3) is 6.26. The normalized spacial score (nSPS) is 13.3. The van der Waals surface area contributed by atoms with Crippen molar-refractivity contribution in [2.75, 3.05) is 38.1 Å². The molecular weight excluding hydrogens is 475 g/mol. The highest BCUT2D eigenvalue weighted by molar-refractivity contribution is 5.90. The third-order valence-corrected chi connectivity index (χ3v) is 6.63. The van der Waals surface area contributed by atoms with Crippen molar-refractivity contribution >= 4 is 28.5 Å². The first-order valence-electron chi connectivity index (χ1n) is 12.5. The minimum Gasteiger partial charge on any atom is -0.356 e. The molecule has 0 saturated carbocycles. The minimum atomic E-state index is -0.288. The number of amides is 2. The highest BCUT2D eigenvalue weighted by atomic mass is 19.1. The van der Waals surface area contributed by atoms with Crippen molar-refractivity contribution < 1.29 is 18.5 Å². The molecule has 2 heterocycles. The van der Waals surface area contributed by atoms with E-state index in [1.807, 2.05) is 44.8 Å². The second-order valence-electron chi connectivity index (χ2n) is 9.87. The van der Waals surface area contributed by atoms with Gasteiger partial charge >= 0.3 is 0 Å². The van der Waals surface area contributed by atoms with Gasteiger partial charge in [-0.15, -0.1) is 0 Å². The number of halogens is 1. The molecule has 0 atom stereocenters. The lowest BCUT2D eigenvalue weighted by Gasteiger charge is -2.32. The van der Waals surface area contributed by atoms with Crippen molar-refractivity contribution in [3.05, 3.63) is 58.5 Å². The van der Waals surface area contributed by atoms with Crippen molar-refractivity contribution in [1.29, 1.82) is 0 Å². The SMILES string of the molecule is Cc1cc2c(C)noc2cc1N(CC(=O)NCCNC(C)C)CC(=O)N(C)N1Cc2ccc(F)cc2C1. The van der Waals surface area contributed by atoms with Crippen LogP contribution < -0.4 is 15.5 Å². The van der Waals surface area contributed by atoms with Crippen LogP contribution in [0.2, 0.25) is 0 Å². The molecule has 198 valence electrons. The first-order valence-corrected chi connectivity index (χ1v) is 12.5. The highest BCUT2D eigenvalue weighted by Crippen LogP contribution is 2.29. The van der Waals surface area contributed by atoms with Crippen LogP contribution in [0.25, 0.3) is 11.0 Å². The maximum absolute atomic E-state index is 13.7. The molecule has 4 rings (SSSR count). The number of carbonyl (C=O) groups is 2. The lowest BCUT2D eigenvalue weighted by molar-refractivity contribution is -0.145. The Hall–Kier alpha value is -3.50. The van der Waals surface area contributed by atoms with E-state index in [0.29, 0.717) is 37.8 Å². The fourth-order valence-electron chi connectivity index (χ4n) is 4.54. The summed E-state index contributed by atoms with van der Waals surface area (Å²) in [5.41, 5.74) is 4.89. The summed E-state index contributed by atoms with van der Waals surface area (Å²) in [7, 11) is 1.70. The van der Waals surface area contributed by atoms with E-state index in [1.165, 1.54) is 12.1 Å². The Morgan fingerprint density at radius 2 is 1.86 bits per heavy atom. The molecular formula is C27H35FN6O3.